The molecule has 0 aliphatic rings. The van der Waals surface area contributed by atoms with Crippen molar-refractivity contribution in [2.24, 2.45) is 0 Å². The summed E-state index contributed by atoms with van der Waals surface area (Å²) in [5.74, 6) is -0.105. The van der Waals surface area contributed by atoms with Crippen molar-refractivity contribution in [3.05, 3.63) is 63.7 Å². The van der Waals surface area contributed by atoms with Crippen molar-refractivity contribution in [3.8, 4) is 17.1 Å². The van der Waals surface area contributed by atoms with Gasteiger partial charge in [0, 0.05) is 21.1 Å². The zero-order valence-corrected chi connectivity index (χ0v) is 13.9. The second-order valence-corrected chi connectivity index (χ2v) is 6.05. The lowest BCUT2D eigenvalue weighted by Gasteiger charge is -2.05. The van der Waals surface area contributed by atoms with E-state index >= 15 is 0 Å². The van der Waals surface area contributed by atoms with Crippen molar-refractivity contribution in [2.45, 2.75) is 0 Å². The lowest BCUT2D eigenvalue weighted by atomic mass is 10.1. The summed E-state index contributed by atoms with van der Waals surface area (Å²) in [6.45, 7) is 0. The number of phenols is 1. The highest BCUT2D eigenvalue weighted by Crippen LogP contribution is 2.28. The molecule has 0 aliphatic carbocycles. The number of benzene rings is 2. The third-order valence-electron chi connectivity index (χ3n) is 3.06. The van der Waals surface area contributed by atoms with Crippen LogP contribution in [0, 0.1) is 0 Å². The largest absolute Gasteiger partial charge is 0.506 e. The Morgan fingerprint density at radius 1 is 1.22 bits per heavy atom. The Morgan fingerprint density at radius 3 is 2.83 bits per heavy atom. The molecule has 0 spiro atoms. The Kier molecular flexibility index (Phi) is 4.36. The molecule has 23 heavy (non-hydrogen) atoms. The first-order valence-electron chi connectivity index (χ1n) is 6.55. The van der Waals surface area contributed by atoms with Crippen LogP contribution < -0.4 is 5.32 Å². The molecule has 0 saturated heterocycles. The Hall–Kier alpha value is -2.31. The number of nitrogens with zero attached hydrogens (tertiary/aromatic N) is 1. The summed E-state index contributed by atoms with van der Waals surface area (Å²) in [6, 6.07) is 13.3. The van der Waals surface area contributed by atoms with Gasteiger partial charge in [-0.25, -0.2) is 0 Å². The molecule has 0 bridgehead atoms. The summed E-state index contributed by atoms with van der Waals surface area (Å²) in [6.07, 6.45) is 0. The van der Waals surface area contributed by atoms with Gasteiger partial charge in [0.2, 0.25) is 0 Å². The molecule has 1 amide bonds. The van der Waals surface area contributed by atoms with Gasteiger partial charge in [-0.3, -0.25) is 4.79 Å². The fraction of sp³-hybridized carbons (Fsp3) is 0. The van der Waals surface area contributed by atoms with E-state index in [1.165, 1.54) is 12.1 Å². The lowest BCUT2D eigenvalue weighted by Crippen LogP contribution is -2.12. The van der Waals surface area contributed by atoms with Crippen LogP contribution in [0.25, 0.3) is 11.3 Å². The van der Waals surface area contributed by atoms with Gasteiger partial charge in [0.25, 0.3) is 5.91 Å². The molecule has 0 saturated carbocycles. The molecule has 0 radical (unpaired) electrons. The number of aromatic hydroxyl groups is 1. The molecule has 0 unspecified atom stereocenters. The minimum atomic E-state index is -0.490. The lowest BCUT2D eigenvalue weighted by molar-refractivity contribution is 0.101. The highest BCUT2D eigenvalue weighted by Gasteiger charge is 2.15. The number of amides is 1. The van der Waals surface area contributed by atoms with Crippen LogP contribution in [0.5, 0.6) is 5.75 Å². The molecule has 1 heterocycles. The minimum Gasteiger partial charge on any atom is -0.506 e. The number of nitrogens with one attached hydrogen (secondary N) is 1. The van der Waals surface area contributed by atoms with E-state index in [2.05, 4.69) is 26.4 Å². The van der Waals surface area contributed by atoms with E-state index in [-0.39, 0.29) is 17.1 Å². The van der Waals surface area contributed by atoms with E-state index in [0.29, 0.717) is 16.3 Å². The van der Waals surface area contributed by atoms with Crippen LogP contribution >= 0.6 is 27.5 Å². The van der Waals surface area contributed by atoms with Crippen molar-refractivity contribution < 1.29 is 14.4 Å². The van der Waals surface area contributed by atoms with Crippen LogP contribution in [0.4, 0.5) is 5.69 Å². The molecule has 0 atom stereocenters. The topological polar surface area (TPSA) is 75.4 Å². The Bertz CT molecular complexity index is 879. The van der Waals surface area contributed by atoms with E-state index < -0.39 is 5.91 Å². The molecular weight excluding hydrogens is 384 g/mol. The molecule has 116 valence electrons. The maximum atomic E-state index is 12.2. The number of hydrogen-bond donors (Lipinski definition) is 2. The number of halogens is 2. The summed E-state index contributed by atoms with van der Waals surface area (Å²) in [4.78, 5) is 12.2. The number of anilines is 1. The maximum Gasteiger partial charge on any atom is 0.277 e. The monoisotopic (exact) mass is 392 g/mol. The van der Waals surface area contributed by atoms with Gasteiger partial charge in [0.05, 0.1) is 5.69 Å². The molecule has 0 fully saturated rings. The van der Waals surface area contributed by atoms with Gasteiger partial charge in [-0.05, 0) is 30.3 Å². The van der Waals surface area contributed by atoms with E-state index in [4.69, 9.17) is 16.1 Å². The summed E-state index contributed by atoms with van der Waals surface area (Å²) < 4.78 is 5.90. The number of aromatic nitrogens is 1. The standard InChI is InChI=1S/C16H10BrClN2O3/c17-10-4-5-14(21)12(7-10)19-16(22)13-8-15(23-20-13)9-2-1-3-11(18)6-9/h1-8,21H,(H,19,22). The smallest absolute Gasteiger partial charge is 0.277 e. The Balaban J connectivity index is 1.82. The zero-order chi connectivity index (χ0) is 16.4. The molecule has 2 N–H and O–H groups in total. The van der Waals surface area contributed by atoms with Crippen molar-refractivity contribution in [1.29, 1.82) is 0 Å². The third-order valence-corrected chi connectivity index (χ3v) is 3.79. The second kappa shape index (κ2) is 6.44. The quantitative estimate of drug-likeness (QED) is 0.632. The Morgan fingerprint density at radius 2 is 2.04 bits per heavy atom. The predicted octanol–water partition coefficient (Wildman–Crippen LogP) is 4.72. The van der Waals surface area contributed by atoms with Gasteiger partial charge in [-0.15, -0.1) is 0 Å². The molecule has 1 aromatic heterocycles. The van der Waals surface area contributed by atoms with Gasteiger partial charge in [-0.2, -0.15) is 0 Å². The van der Waals surface area contributed by atoms with E-state index in [0.717, 1.165) is 4.47 Å². The highest BCUT2D eigenvalue weighted by atomic mass is 79.9. The molecule has 0 aliphatic heterocycles. The summed E-state index contributed by atoms with van der Waals surface area (Å²) in [5.41, 5.74) is 1.09. The van der Waals surface area contributed by atoms with E-state index in [1.807, 2.05) is 0 Å². The average molecular weight is 394 g/mol. The van der Waals surface area contributed by atoms with Gasteiger partial charge < -0.3 is 14.9 Å². The number of carbonyl (C=O) groups is 1. The fourth-order valence-electron chi connectivity index (χ4n) is 1.95. The first-order valence-corrected chi connectivity index (χ1v) is 7.72. The van der Waals surface area contributed by atoms with E-state index in [9.17, 15) is 9.90 Å². The first kappa shape index (κ1) is 15.6. The third kappa shape index (κ3) is 3.55. The zero-order valence-electron chi connectivity index (χ0n) is 11.6. The Labute approximate surface area is 145 Å². The van der Waals surface area contributed by atoms with Crippen LogP contribution in [-0.2, 0) is 0 Å². The van der Waals surface area contributed by atoms with Gasteiger partial charge in [0.1, 0.15) is 5.75 Å². The molecular formula is C16H10BrClN2O3. The molecule has 5 nitrogen and oxygen atoms in total. The normalized spacial score (nSPS) is 10.5. The highest BCUT2D eigenvalue weighted by molar-refractivity contribution is 9.10. The molecule has 2 aromatic carbocycles. The van der Waals surface area contributed by atoms with Crippen LogP contribution in [0.3, 0.4) is 0 Å². The van der Waals surface area contributed by atoms with Crippen molar-refractivity contribution in [1.82, 2.24) is 5.16 Å². The second-order valence-electron chi connectivity index (χ2n) is 4.70. The van der Waals surface area contributed by atoms with Crippen LogP contribution in [0.2, 0.25) is 5.02 Å². The van der Waals surface area contributed by atoms with E-state index in [1.54, 1.807) is 36.4 Å². The van der Waals surface area contributed by atoms with Crippen molar-refractivity contribution >= 4 is 39.1 Å². The van der Waals surface area contributed by atoms with Crippen LogP contribution in [0.15, 0.2) is 57.5 Å². The van der Waals surface area contributed by atoms with Crippen LogP contribution in [-0.4, -0.2) is 16.2 Å². The molecule has 7 heteroatoms. The molecule has 3 rings (SSSR count). The number of carbonyl (C=O) groups excluding carboxylic acids is 1. The van der Waals surface area contributed by atoms with Gasteiger partial charge >= 0.3 is 0 Å². The molecule has 3 aromatic rings. The fourth-order valence-corrected chi connectivity index (χ4v) is 2.51. The summed E-state index contributed by atoms with van der Waals surface area (Å²) in [7, 11) is 0. The first-order chi connectivity index (χ1) is 11.0. The maximum absolute atomic E-state index is 12.2. The van der Waals surface area contributed by atoms with Crippen molar-refractivity contribution in [3.63, 3.8) is 0 Å². The van der Waals surface area contributed by atoms with Crippen molar-refractivity contribution in [2.75, 3.05) is 5.32 Å². The van der Waals surface area contributed by atoms with Gasteiger partial charge in [0.15, 0.2) is 11.5 Å². The number of rotatable bonds is 3. The summed E-state index contributed by atoms with van der Waals surface area (Å²) in [5, 5.41) is 16.6. The number of phenolic OH excluding ortho intramolecular Hbond substituents is 1. The summed E-state index contributed by atoms with van der Waals surface area (Å²) >= 11 is 9.20. The minimum absolute atomic E-state index is 0.0416. The van der Waals surface area contributed by atoms with Gasteiger partial charge in [-0.1, -0.05) is 44.8 Å². The van der Waals surface area contributed by atoms with Crippen LogP contribution in [0.1, 0.15) is 10.5 Å². The number of hydrogen-bond acceptors (Lipinski definition) is 4. The SMILES string of the molecule is O=C(Nc1cc(Br)ccc1O)c1cc(-c2cccc(Cl)c2)on1. The average Bonchev–Trinajstić information content (AvgIpc) is 3.01. The predicted molar refractivity (Wildman–Crippen MR) is 90.7 cm³/mol.